The van der Waals surface area contributed by atoms with Gasteiger partial charge in [-0.15, -0.1) is 0 Å². The molecule has 4 nitrogen and oxygen atoms in total. The van der Waals surface area contributed by atoms with Crippen molar-refractivity contribution in [2.45, 2.75) is 44.5 Å². The summed E-state index contributed by atoms with van der Waals surface area (Å²) >= 11 is 1.74. The van der Waals surface area contributed by atoms with Crippen molar-refractivity contribution in [1.82, 2.24) is 5.32 Å². The maximum Gasteiger partial charge on any atom is 0.237 e. The largest absolute Gasteiger partial charge is 0.468 e. The molecule has 0 saturated heterocycles. The van der Waals surface area contributed by atoms with Gasteiger partial charge in [0.25, 0.3) is 0 Å². The van der Waals surface area contributed by atoms with Crippen molar-refractivity contribution in [2.24, 2.45) is 5.73 Å². The minimum Gasteiger partial charge on any atom is -0.468 e. The lowest BCUT2D eigenvalue weighted by Gasteiger charge is -2.29. The Kier molecular flexibility index (Phi) is 5.75. The highest BCUT2D eigenvalue weighted by Gasteiger charge is 2.30. The van der Waals surface area contributed by atoms with Crippen LogP contribution in [0.15, 0.2) is 22.8 Å². The summed E-state index contributed by atoms with van der Waals surface area (Å²) in [5.74, 6) is 2.34. The Hall–Kier alpha value is -0.940. The van der Waals surface area contributed by atoms with Gasteiger partial charge in [-0.3, -0.25) is 4.79 Å². The summed E-state index contributed by atoms with van der Waals surface area (Å²) in [7, 11) is 0. The third-order valence-electron chi connectivity index (χ3n) is 2.72. The van der Waals surface area contributed by atoms with Gasteiger partial charge in [0.15, 0.2) is 0 Å². The van der Waals surface area contributed by atoms with Gasteiger partial charge in [0, 0.05) is 6.04 Å². The maximum atomic E-state index is 11.5. The van der Waals surface area contributed by atoms with Crippen molar-refractivity contribution in [3.05, 3.63) is 24.2 Å². The van der Waals surface area contributed by atoms with E-state index in [2.05, 4.69) is 5.32 Å². The third kappa shape index (κ3) is 4.74. The molecule has 1 aromatic rings. The number of amides is 1. The van der Waals surface area contributed by atoms with Crippen LogP contribution >= 0.6 is 11.8 Å². The van der Waals surface area contributed by atoms with E-state index >= 15 is 0 Å². The topological polar surface area (TPSA) is 68.3 Å². The molecule has 5 heteroatoms. The van der Waals surface area contributed by atoms with Crippen molar-refractivity contribution in [3.8, 4) is 0 Å². The van der Waals surface area contributed by atoms with Crippen LogP contribution in [0.5, 0.6) is 0 Å². The molecular formula is C13H22N2O2S. The Labute approximate surface area is 113 Å². The first-order chi connectivity index (χ1) is 8.44. The Balaban J connectivity index is 2.36. The second kappa shape index (κ2) is 6.85. The van der Waals surface area contributed by atoms with Crippen molar-refractivity contribution in [2.75, 3.05) is 5.75 Å². The van der Waals surface area contributed by atoms with Gasteiger partial charge in [-0.25, -0.2) is 0 Å². The van der Waals surface area contributed by atoms with Gasteiger partial charge in [0.05, 0.1) is 17.6 Å². The lowest BCUT2D eigenvalue weighted by Crippen LogP contribution is -2.55. The zero-order valence-corrected chi connectivity index (χ0v) is 12.0. The highest BCUT2D eigenvalue weighted by molar-refractivity contribution is 7.98. The highest BCUT2D eigenvalue weighted by Crippen LogP contribution is 2.18. The number of carbonyl (C=O) groups is 1. The molecule has 0 spiro atoms. The van der Waals surface area contributed by atoms with E-state index in [9.17, 15) is 4.79 Å². The zero-order chi connectivity index (χ0) is 13.6. The van der Waals surface area contributed by atoms with Crippen LogP contribution in [-0.4, -0.2) is 23.2 Å². The molecule has 0 aliphatic carbocycles. The molecule has 102 valence electrons. The van der Waals surface area contributed by atoms with Crippen molar-refractivity contribution in [3.63, 3.8) is 0 Å². The van der Waals surface area contributed by atoms with Crippen LogP contribution in [0.25, 0.3) is 0 Å². The lowest BCUT2D eigenvalue weighted by atomic mass is 9.97. The average molecular weight is 270 g/mol. The number of nitrogens with one attached hydrogen (secondary N) is 1. The third-order valence-corrected chi connectivity index (χ3v) is 3.70. The van der Waals surface area contributed by atoms with Crippen LogP contribution < -0.4 is 11.1 Å². The fourth-order valence-electron chi connectivity index (χ4n) is 1.75. The Bertz CT molecular complexity index is 365. The van der Waals surface area contributed by atoms with Gasteiger partial charge in [0.2, 0.25) is 5.91 Å². The molecule has 0 aromatic carbocycles. The molecule has 0 fully saturated rings. The molecule has 1 aromatic heterocycles. The number of hydrogen-bond acceptors (Lipinski definition) is 4. The SMILES string of the molecule is CC(C)NC(C)(CCSCc1ccco1)C(N)=O. The number of furan rings is 1. The van der Waals surface area contributed by atoms with Gasteiger partial charge >= 0.3 is 0 Å². The fraction of sp³-hybridized carbons (Fsp3) is 0.615. The van der Waals surface area contributed by atoms with E-state index in [1.807, 2.05) is 32.9 Å². The Morgan fingerprint density at radius 2 is 2.33 bits per heavy atom. The molecular weight excluding hydrogens is 248 g/mol. The summed E-state index contributed by atoms with van der Waals surface area (Å²) in [5.41, 5.74) is 4.83. The van der Waals surface area contributed by atoms with E-state index in [0.717, 1.165) is 17.3 Å². The van der Waals surface area contributed by atoms with E-state index in [1.54, 1.807) is 18.0 Å². The summed E-state index contributed by atoms with van der Waals surface area (Å²) in [4.78, 5) is 11.5. The van der Waals surface area contributed by atoms with Crippen LogP contribution in [0.2, 0.25) is 0 Å². The predicted molar refractivity (Wildman–Crippen MR) is 75.4 cm³/mol. The Morgan fingerprint density at radius 1 is 1.61 bits per heavy atom. The van der Waals surface area contributed by atoms with Crippen molar-refractivity contribution >= 4 is 17.7 Å². The monoisotopic (exact) mass is 270 g/mol. The van der Waals surface area contributed by atoms with Crippen molar-refractivity contribution in [1.29, 1.82) is 0 Å². The number of rotatable bonds is 8. The van der Waals surface area contributed by atoms with Gasteiger partial charge < -0.3 is 15.5 Å². The van der Waals surface area contributed by atoms with Gasteiger partial charge in [0.1, 0.15) is 5.76 Å². The Morgan fingerprint density at radius 3 is 2.83 bits per heavy atom. The van der Waals surface area contributed by atoms with Gasteiger partial charge in [-0.2, -0.15) is 11.8 Å². The normalized spacial score (nSPS) is 14.7. The summed E-state index contributed by atoms with van der Waals surface area (Å²) in [6.07, 6.45) is 2.38. The first kappa shape index (κ1) is 15.1. The second-order valence-corrected chi connectivity index (χ2v) is 5.98. The molecule has 1 heterocycles. The van der Waals surface area contributed by atoms with Crippen LogP contribution in [-0.2, 0) is 10.5 Å². The smallest absolute Gasteiger partial charge is 0.237 e. The molecule has 1 rings (SSSR count). The standard InChI is InChI=1S/C13H22N2O2S/c1-10(2)15-13(3,12(14)16)6-8-18-9-11-5-4-7-17-11/h4-5,7,10,15H,6,8-9H2,1-3H3,(H2,14,16). The molecule has 0 saturated carbocycles. The molecule has 0 aliphatic heterocycles. The van der Waals surface area contributed by atoms with E-state index in [4.69, 9.17) is 10.2 Å². The highest BCUT2D eigenvalue weighted by atomic mass is 32.2. The lowest BCUT2D eigenvalue weighted by molar-refractivity contribution is -0.124. The van der Waals surface area contributed by atoms with Crippen molar-refractivity contribution < 1.29 is 9.21 Å². The van der Waals surface area contributed by atoms with Gasteiger partial charge in [-0.1, -0.05) is 0 Å². The predicted octanol–water partition coefficient (Wildman–Crippen LogP) is 2.14. The van der Waals surface area contributed by atoms with E-state index < -0.39 is 5.54 Å². The van der Waals surface area contributed by atoms with Crippen LogP contribution in [0, 0.1) is 0 Å². The first-order valence-electron chi connectivity index (χ1n) is 6.12. The number of nitrogens with two attached hydrogens (primary N) is 1. The minimum atomic E-state index is -0.635. The molecule has 1 atom stereocenters. The number of thioether (sulfide) groups is 1. The summed E-state index contributed by atoms with van der Waals surface area (Å²) in [6, 6.07) is 4.06. The van der Waals surface area contributed by atoms with E-state index in [0.29, 0.717) is 6.42 Å². The van der Waals surface area contributed by atoms with Gasteiger partial charge in [-0.05, 0) is 45.1 Å². The molecule has 18 heavy (non-hydrogen) atoms. The summed E-state index contributed by atoms with van der Waals surface area (Å²) in [5, 5.41) is 3.24. The molecule has 0 radical (unpaired) electrons. The minimum absolute atomic E-state index is 0.234. The molecule has 0 aliphatic rings. The number of carbonyl (C=O) groups excluding carboxylic acids is 1. The zero-order valence-electron chi connectivity index (χ0n) is 11.2. The molecule has 3 N–H and O–H groups in total. The fourth-order valence-corrected chi connectivity index (χ4v) is 2.81. The quantitative estimate of drug-likeness (QED) is 0.710. The maximum absolute atomic E-state index is 11.5. The molecule has 1 amide bonds. The summed E-state index contributed by atoms with van der Waals surface area (Å²) in [6.45, 7) is 5.89. The summed E-state index contributed by atoms with van der Waals surface area (Å²) < 4.78 is 5.25. The van der Waals surface area contributed by atoms with E-state index in [-0.39, 0.29) is 11.9 Å². The average Bonchev–Trinajstić information content (AvgIpc) is 2.76. The number of hydrogen-bond donors (Lipinski definition) is 2. The second-order valence-electron chi connectivity index (χ2n) is 4.88. The van der Waals surface area contributed by atoms with Crippen LogP contribution in [0.3, 0.4) is 0 Å². The van der Waals surface area contributed by atoms with Crippen LogP contribution in [0.1, 0.15) is 33.0 Å². The number of primary amides is 1. The first-order valence-corrected chi connectivity index (χ1v) is 7.27. The molecule has 0 bridgehead atoms. The molecule has 1 unspecified atom stereocenters. The van der Waals surface area contributed by atoms with E-state index in [1.165, 1.54) is 0 Å². The van der Waals surface area contributed by atoms with Crippen LogP contribution in [0.4, 0.5) is 0 Å².